The predicted molar refractivity (Wildman–Crippen MR) is 94.4 cm³/mol. The monoisotopic (exact) mass is 331 g/mol. The molecule has 0 saturated carbocycles. The summed E-state index contributed by atoms with van der Waals surface area (Å²) in [7, 11) is 0. The van der Waals surface area contributed by atoms with Gasteiger partial charge in [-0.15, -0.1) is 6.42 Å². The first-order valence-corrected chi connectivity index (χ1v) is 7.45. The van der Waals surface area contributed by atoms with Crippen LogP contribution in [0.3, 0.4) is 0 Å². The molecule has 0 aliphatic carbocycles. The van der Waals surface area contributed by atoms with Gasteiger partial charge < -0.3 is 9.15 Å². The second-order valence-corrected chi connectivity index (χ2v) is 5.09. The lowest BCUT2D eigenvalue weighted by molar-refractivity contribution is 0.104. The Bertz CT molecular complexity index is 1040. The molecule has 25 heavy (non-hydrogen) atoms. The predicted octanol–water partition coefficient (Wildman–Crippen LogP) is 3.10. The van der Waals surface area contributed by atoms with E-state index < -0.39 is 11.4 Å². The maximum atomic E-state index is 12.3. The summed E-state index contributed by atoms with van der Waals surface area (Å²) in [5.74, 6) is 2.39. The lowest BCUT2D eigenvalue weighted by atomic mass is 10.1. The number of carbonyl (C=O) groups excluding carboxylic acids is 1. The van der Waals surface area contributed by atoms with Gasteiger partial charge in [-0.2, -0.15) is 0 Å². The van der Waals surface area contributed by atoms with E-state index in [4.69, 9.17) is 15.6 Å². The number of carbonyl (C=O) groups is 1. The Kier molecular flexibility index (Phi) is 4.72. The molecule has 0 unspecified atom stereocenters. The van der Waals surface area contributed by atoms with Gasteiger partial charge in [0, 0.05) is 17.6 Å². The van der Waals surface area contributed by atoms with Crippen LogP contribution in [0.25, 0.3) is 17.0 Å². The second kappa shape index (κ2) is 7.28. The summed E-state index contributed by atoms with van der Waals surface area (Å²) in [5.41, 5.74) is 0.190. The number of allylic oxidation sites excluding steroid dienone is 1. The highest BCUT2D eigenvalue weighted by Crippen LogP contribution is 2.20. The van der Waals surface area contributed by atoms with E-state index in [1.54, 1.807) is 48.7 Å². The van der Waals surface area contributed by atoms with Gasteiger partial charge in [-0.1, -0.05) is 12.0 Å². The van der Waals surface area contributed by atoms with Gasteiger partial charge in [0.05, 0.1) is 5.69 Å². The number of fused-ring (bicyclic) bond motifs is 1. The maximum absolute atomic E-state index is 12.3. The van der Waals surface area contributed by atoms with Crippen LogP contribution < -0.4 is 10.4 Å². The standard InChI is InChI=1S/C20H13NO4/c1-2-11-24-16-8-6-14-12-17(20(23)25-19(14)13-16)18(22)9-7-15-5-3-4-10-21-15/h1,3-10,12-13H,11H2/b9-7+. The smallest absolute Gasteiger partial charge is 0.347 e. The Labute approximate surface area is 143 Å². The summed E-state index contributed by atoms with van der Waals surface area (Å²) in [5, 5.41) is 0.613. The number of benzene rings is 1. The number of ether oxygens (including phenoxy) is 1. The minimum absolute atomic E-state index is 0.0445. The van der Waals surface area contributed by atoms with E-state index in [9.17, 15) is 9.59 Å². The Morgan fingerprint density at radius 3 is 2.92 bits per heavy atom. The Balaban J connectivity index is 1.90. The van der Waals surface area contributed by atoms with Crippen molar-refractivity contribution in [2.45, 2.75) is 0 Å². The van der Waals surface area contributed by atoms with E-state index in [0.717, 1.165) is 0 Å². The van der Waals surface area contributed by atoms with Crippen molar-refractivity contribution in [2.24, 2.45) is 0 Å². The average Bonchev–Trinajstić information content (AvgIpc) is 2.64. The number of rotatable bonds is 5. The molecule has 0 fully saturated rings. The molecule has 1 aromatic carbocycles. The summed E-state index contributed by atoms with van der Waals surface area (Å²) in [6.45, 7) is 0.116. The molecule has 2 heterocycles. The van der Waals surface area contributed by atoms with Crippen molar-refractivity contribution in [3.8, 4) is 18.1 Å². The molecule has 0 aliphatic heterocycles. The first kappa shape index (κ1) is 16.2. The number of hydrogen-bond donors (Lipinski definition) is 0. The van der Waals surface area contributed by atoms with Gasteiger partial charge in [0.15, 0.2) is 5.78 Å². The van der Waals surface area contributed by atoms with Crippen molar-refractivity contribution in [3.63, 3.8) is 0 Å². The molecule has 0 spiro atoms. The normalized spacial score (nSPS) is 10.7. The Hall–Kier alpha value is -3.65. The van der Waals surface area contributed by atoms with Crippen LogP contribution in [0, 0.1) is 12.3 Å². The van der Waals surface area contributed by atoms with Gasteiger partial charge in [-0.25, -0.2) is 4.79 Å². The van der Waals surface area contributed by atoms with Crippen molar-refractivity contribution < 1.29 is 13.9 Å². The average molecular weight is 331 g/mol. The third-order valence-corrected chi connectivity index (χ3v) is 3.39. The molecule has 2 aromatic heterocycles. The first-order valence-electron chi connectivity index (χ1n) is 7.45. The van der Waals surface area contributed by atoms with Crippen LogP contribution in [0.2, 0.25) is 0 Å². The van der Waals surface area contributed by atoms with Crippen molar-refractivity contribution >= 4 is 22.8 Å². The molecule has 0 bridgehead atoms. The zero-order chi connectivity index (χ0) is 17.6. The fourth-order valence-electron chi connectivity index (χ4n) is 2.20. The van der Waals surface area contributed by atoms with Crippen LogP contribution in [-0.2, 0) is 0 Å². The third kappa shape index (κ3) is 3.82. The minimum atomic E-state index is -0.711. The molecule has 3 aromatic rings. The van der Waals surface area contributed by atoms with Crippen molar-refractivity contribution in [1.29, 1.82) is 0 Å². The molecular weight excluding hydrogens is 318 g/mol. The van der Waals surface area contributed by atoms with Crippen LogP contribution in [0.1, 0.15) is 16.1 Å². The fraction of sp³-hybridized carbons (Fsp3) is 0.0500. The topological polar surface area (TPSA) is 69.4 Å². The molecule has 0 aliphatic rings. The Morgan fingerprint density at radius 1 is 1.28 bits per heavy atom. The summed E-state index contributed by atoms with van der Waals surface area (Å²) < 4.78 is 10.5. The molecule has 5 heteroatoms. The quantitative estimate of drug-likeness (QED) is 0.311. The van der Waals surface area contributed by atoms with E-state index in [2.05, 4.69) is 10.9 Å². The highest BCUT2D eigenvalue weighted by atomic mass is 16.5. The third-order valence-electron chi connectivity index (χ3n) is 3.39. The van der Waals surface area contributed by atoms with Gasteiger partial charge in [0.1, 0.15) is 23.5 Å². The fourth-order valence-corrected chi connectivity index (χ4v) is 2.20. The molecule has 0 atom stereocenters. The molecule has 3 rings (SSSR count). The number of terminal acetylenes is 1. The van der Waals surface area contributed by atoms with Crippen molar-refractivity contribution in [1.82, 2.24) is 4.98 Å². The van der Waals surface area contributed by atoms with E-state index in [1.807, 2.05) is 0 Å². The second-order valence-electron chi connectivity index (χ2n) is 5.09. The largest absolute Gasteiger partial charge is 0.481 e. The molecule has 0 radical (unpaired) electrons. The molecule has 5 nitrogen and oxygen atoms in total. The van der Waals surface area contributed by atoms with Crippen LogP contribution in [0.15, 0.2) is 63.9 Å². The van der Waals surface area contributed by atoms with E-state index >= 15 is 0 Å². The Morgan fingerprint density at radius 2 is 2.16 bits per heavy atom. The van der Waals surface area contributed by atoms with Crippen molar-refractivity contribution in [2.75, 3.05) is 6.61 Å². The van der Waals surface area contributed by atoms with Crippen LogP contribution in [0.5, 0.6) is 5.75 Å². The summed E-state index contributed by atoms with van der Waals surface area (Å²) >= 11 is 0. The molecular formula is C20H13NO4. The van der Waals surface area contributed by atoms with E-state index in [-0.39, 0.29) is 12.2 Å². The summed E-state index contributed by atoms with van der Waals surface area (Å²) in [6.07, 6.45) is 9.60. The number of ketones is 1. The van der Waals surface area contributed by atoms with E-state index in [0.29, 0.717) is 22.4 Å². The number of pyridine rings is 1. The van der Waals surface area contributed by atoms with Gasteiger partial charge in [-0.05, 0) is 42.5 Å². The van der Waals surface area contributed by atoms with Gasteiger partial charge in [-0.3, -0.25) is 9.78 Å². The molecule has 0 amide bonds. The number of hydrogen-bond acceptors (Lipinski definition) is 5. The van der Waals surface area contributed by atoms with Crippen LogP contribution >= 0.6 is 0 Å². The summed E-state index contributed by atoms with van der Waals surface area (Å²) in [4.78, 5) is 28.5. The lowest BCUT2D eigenvalue weighted by Crippen LogP contribution is -2.12. The van der Waals surface area contributed by atoms with Gasteiger partial charge in [0.2, 0.25) is 0 Å². The highest BCUT2D eigenvalue weighted by molar-refractivity contribution is 6.07. The van der Waals surface area contributed by atoms with Gasteiger partial charge >= 0.3 is 5.63 Å². The molecule has 0 saturated heterocycles. The highest BCUT2D eigenvalue weighted by Gasteiger charge is 2.12. The lowest BCUT2D eigenvalue weighted by Gasteiger charge is -2.04. The summed E-state index contributed by atoms with van der Waals surface area (Å²) in [6, 6.07) is 11.8. The first-order chi connectivity index (χ1) is 12.2. The van der Waals surface area contributed by atoms with Crippen LogP contribution in [-0.4, -0.2) is 17.4 Å². The number of aromatic nitrogens is 1. The SMILES string of the molecule is C#CCOc1ccc2cc(C(=O)/C=C/c3ccccn3)c(=O)oc2c1. The zero-order valence-electron chi connectivity index (χ0n) is 13.1. The zero-order valence-corrected chi connectivity index (χ0v) is 13.1. The molecule has 0 N–H and O–H groups in total. The van der Waals surface area contributed by atoms with Gasteiger partial charge in [0.25, 0.3) is 0 Å². The van der Waals surface area contributed by atoms with Crippen LogP contribution in [0.4, 0.5) is 0 Å². The minimum Gasteiger partial charge on any atom is -0.481 e. The number of nitrogens with zero attached hydrogens (tertiary/aromatic N) is 1. The molecule has 122 valence electrons. The maximum Gasteiger partial charge on any atom is 0.347 e. The van der Waals surface area contributed by atoms with Crippen molar-refractivity contribution in [3.05, 3.63) is 76.4 Å². The van der Waals surface area contributed by atoms with E-state index in [1.165, 1.54) is 12.1 Å².